The standard InChI is InChI=1S/C29H33F6NO3.C2H3ClO/c1-3-4-8-13-36-24-11-12-25(27(36,17-23(24)26(37)38-2)20-9-6-5-7-10-20)39-18-19-14-21(28(30,31)32)16-22(15-19)29(33,34)35;1-2(3)4/h5-7,9-10,14-16,23-25H,3-4,8,11-13,17-18H2,1-2H3;1H3. The number of unbranched alkanes of at least 4 members (excludes halogenated alkanes) is 2. The fourth-order valence-electron chi connectivity index (χ4n) is 6.34. The van der Waals surface area contributed by atoms with Crippen LogP contribution in [0.3, 0.4) is 0 Å². The van der Waals surface area contributed by atoms with E-state index in [1.807, 2.05) is 30.3 Å². The van der Waals surface area contributed by atoms with Crippen molar-refractivity contribution in [2.24, 2.45) is 5.92 Å². The number of methoxy groups -OCH3 is 1. The molecule has 2 aromatic rings. The lowest BCUT2D eigenvalue weighted by molar-refractivity contribution is -0.147. The van der Waals surface area contributed by atoms with E-state index in [1.165, 1.54) is 14.0 Å². The van der Waals surface area contributed by atoms with Gasteiger partial charge in [0.25, 0.3) is 0 Å². The van der Waals surface area contributed by atoms with Crippen molar-refractivity contribution in [1.82, 2.24) is 4.90 Å². The third-order valence-corrected chi connectivity index (χ3v) is 8.04. The zero-order valence-electron chi connectivity index (χ0n) is 24.2. The van der Waals surface area contributed by atoms with Gasteiger partial charge in [0.05, 0.1) is 42.4 Å². The van der Waals surface area contributed by atoms with Gasteiger partial charge in [-0.3, -0.25) is 14.5 Å². The molecule has 4 atom stereocenters. The lowest BCUT2D eigenvalue weighted by atomic mass is 9.78. The minimum Gasteiger partial charge on any atom is -0.469 e. The van der Waals surface area contributed by atoms with Gasteiger partial charge in [-0.15, -0.1) is 0 Å². The minimum atomic E-state index is -4.94. The molecule has 238 valence electrons. The number of ether oxygens (including phenoxy) is 2. The summed E-state index contributed by atoms with van der Waals surface area (Å²) in [7, 11) is 1.35. The van der Waals surface area contributed by atoms with E-state index < -0.39 is 47.6 Å². The Kier molecular flexibility index (Phi) is 11.7. The molecule has 2 aliphatic heterocycles. The number of esters is 1. The van der Waals surface area contributed by atoms with Gasteiger partial charge in [-0.1, -0.05) is 50.1 Å². The summed E-state index contributed by atoms with van der Waals surface area (Å²) in [6.45, 7) is 3.64. The van der Waals surface area contributed by atoms with E-state index in [9.17, 15) is 35.9 Å². The predicted molar refractivity (Wildman–Crippen MR) is 149 cm³/mol. The Labute approximate surface area is 252 Å². The molecule has 5 nitrogen and oxygen atoms in total. The topological polar surface area (TPSA) is 55.8 Å². The molecule has 0 aliphatic carbocycles. The smallest absolute Gasteiger partial charge is 0.416 e. The second kappa shape index (κ2) is 14.4. The summed E-state index contributed by atoms with van der Waals surface area (Å²) in [5, 5.41) is -0.361. The normalized spacial score (nSPS) is 23.8. The third kappa shape index (κ3) is 8.30. The first-order valence-corrected chi connectivity index (χ1v) is 14.5. The number of nitrogens with zero attached hydrogens (tertiary/aromatic N) is 1. The maximum Gasteiger partial charge on any atom is 0.416 e. The van der Waals surface area contributed by atoms with E-state index in [2.05, 4.69) is 23.4 Å². The Bertz CT molecular complexity index is 1200. The van der Waals surface area contributed by atoms with E-state index in [1.54, 1.807) is 0 Å². The van der Waals surface area contributed by atoms with Crippen molar-refractivity contribution in [3.05, 3.63) is 70.8 Å². The molecule has 0 amide bonds. The number of halogens is 7. The minimum absolute atomic E-state index is 0.0975. The number of hydrogen-bond donors (Lipinski definition) is 0. The van der Waals surface area contributed by atoms with Crippen molar-refractivity contribution < 1.29 is 45.4 Å². The van der Waals surface area contributed by atoms with Gasteiger partial charge in [-0.05, 0) is 73.2 Å². The molecule has 0 radical (unpaired) electrons. The van der Waals surface area contributed by atoms with Crippen LogP contribution in [0.5, 0.6) is 0 Å². The largest absolute Gasteiger partial charge is 0.469 e. The van der Waals surface area contributed by atoms with Gasteiger partial charge in [0.15, 0.2) is 0 Å². The van der Waals surface area contributed by atoms with E-state index in [0.717, 1.165) is 24.8 Å². The molecule has 4 unspecified atom stereocenters. The summed E-state index contributed by atoms with van der Waals surface area (Å²) in [5.74, 6) is -0.748. The van der Waals surface area contributed by atoms with Crippen molar-refractivity contribution in [2.45, 2.75) is 89.0 Å². The Balaban J connectivity index is 0.00000119. The molecule has 2 fully saturated rings. The zero-order valence-corrected chi connectivity index (χ0v) is 25.0. The second-order valence-electron chi connectivity index (χ2n) is 10.9. The number of benzene rings is 2. The van der Waals surface area contributed by atoms with E-state index in [4.69, 9.17) is 9.47 Å². The number of hydrogen-bond acceptors (Lipinski definition) is 5. The van der Waals surface area contributed by atoms with Gasteiger partial charge in [-0.2, -0.15) is 26.3 Å². The summed E-state index contributed by atoms with van der Waals surface area (Å²) in [6, 6.07) is 10.9. The summed E-state index contributed by atoms with van der Waals surface area (Å²) >= 11 is 4.64. The van der Waals surface area contributed by atoms with Gasteiger partial charge < -0.3 is 9.47 Å². The van der Waals surface area contributed by atoms with E-state index in [0.29, 0.717) is 37.9 Å². The number of carbonyl (C=O) groups excluding carboxylic acids is 2. The molecule has 2 bridgehead atoms. The number of fused-ring (bicyclic) bond motifs is 2. The molecule has 0 saturated carbocycles. The van der Waals surface area contributed by atoms with Crippen LogP contribution in [0.25, 0.3) is 0 Å². The van der Waals surface area contributed by atoms with Gasteiger partial charge >= 0.3 is 18.3 Å². The fourth-order valence-corrected chi connectivity index (χ4v) is 6.34. The van der Waals surface area contributed by atoms with Crippen LogP contribution in [0.2, 0.25) is 0 Å². The van der Waals surface area contributed by atoms with Crippen LogP contribution in [-0.2, 0) is 43.6 Å². The quantitative estimate of drug-likeness (QED) is 0.121. The molecular formula is C31H36ClF6NO4. The van der Waals surface area contributed by atoms with Gasteiger partial charge in [0, 0.05) is 13.0 Å². The van der Waals surface area contributed by atoms with Crippen molar-refractivity contribution in [1.29, 1.82) is 0 Å². The average Bonchev–Trinajstić information content (AvgIpc) is 3.16. The summed E-state index contributed by atoms with van der Waals surface area (Å²) in [4.78, 5) is 24.3. The first-order chi connectivity index (χ1) is 20.1. The van der Waals surface area contributed by atoms with Gasteiger partial charge in [-0.25, -0.2) is 0 Å². The van der Waals surface area contributed by atoms with Gasteiger partial charge in [0.2, 0.25) is 5.24 Å². The number of carbonyl (C=O) groups is 2. The number of rotatable bonds is 9. The van der Waals surface area contributed by atoms with Gasteiger partial charge in [0.1, 0.15) is 0 Å². The number of piperidine rings is 1. The first-order valence-electron chi connectivity index (χ1n) is 14.1. The van der Waals surface area contributed by atoms with Crippen molar-refractivity contribution in [3.63, 3.8) is 0 Å². The summed E-state index contributed by atoms with van der Waals surface area (Å²) in [6.07, 6.45) is -6.09. The second-order valence-corrected chi connectivity index (χ2v) is 11.4. The summed E-state index contributed by atoms with van der Waals surface area (Å²) in [5.41, 5.74) is -2.81. The highest BCUT2D eigenvalue weighted by molar-refractivity contribution is 6.62. The van der Waals surface area contributed by atoms with Crippen molar-refractivity contribution in [2.75, 3.05) is 13.7 Å². The molecule has 2 aromatic carbocycles. The fraction of sp³-hybridized carbons (Fsp3) is 0.548. The van der Waals surface area contributed by atoms with Crippen LogP contribution in [0.4, 0.5) is 26.3 Å². The Morgan fingerprint density at radius 1 is 0.977 bits per heavy atom. The van der Waals surface area contributed by atoms with E-state index >= 15 is 0 Å². The lowest BCUT2D eigenvalue weighted by Gasteiger charge is -2.50. The molecule has 12 heteroatoms. The molecule has 2 saturated heterocycles. The van der Waals surface area contributed by atoms with Crippen LogP contribution in [-0.4, -0.2) is 41.9 Å². The molecule has 4 rings (SSSR count). The molecule has 43 heavy (non-hydrogen) atoms. The van der Waals surface area contributed by atoms with Crippen LogP contribution in [0.15, 0.2) is 48.5 Å². The Morgan fingerprint density at radius 2 is 1.56 bits per heavy atom. The molecule has 0 aromatic heterocycles. The highest BCUT2D eigenvalue weighted by atomic mass is 35.5. The highest BCUT2D eigenvalue weighted by Gasteiger charge is 2.61. The lowest BCUT2D eigenvalue weighted by Crippen LogP contribution is -2.57. The molecule has 2 aliphatic rings. The monoisotopic (exact) mass is 635 g/mol. The molecule has 0 spiro atoms. The maximum absolute atomic E-state index is 13.4. The zero-order chi connectivity index (χ0) is 32.0. The molecule has 2 heterocycles. The SMILES string of the molecule is CC(=O)Cl.CCCCCN1C2CCC(OCc3cc(C(F)(F)F)cc(C(F)(F)F)c3)C1(c1ccccc1)CC2C(=O)OC. The van der Waals surface area contributed by atoms with Crippen molar-refractivity contribution in [3.8, 4) is 0 Å². The Hall–Kier alpha value is -2.63. The molecular weight excluding hydrogens is 600 g/mol. The Morgan fingerprint density at radius 3 is 2.07 bits per heavy atom. The highest BCUT2D eigenvalue weighted by Crippen LogP contribution is 2.55. The average molecular weight is 636 g/mol. The predicted octanol–water partition coefficient (Wildman–Crippen LogP) is 8.12. The first kappa shape index (κ1) is 34.9. The third-order valence-electron chi connectivity index (χ3n) is 8.04. The number of alkyl halides is 6. The van der Waals surface area contributed by atoms with Crippen LogP contribution < -0.4 is 0 Å². The van der Waals surface area contributed by atoms with E-state index in [-0.39, 0.29) is 28.9 Å². The van der Waals surface area contributed by atoms with Crippen LogP contribution >= 0.6 is 11.6 Å². The molecule has 0 N–H and O–H groups in total. The summed E-state index contributed by atoms with van der Waals surface area (Å²) < 4.78 is 92.0. The van der Waals surface area contributed by atoms with Crippen molar-refractivity contribution >= 4 is 22.8 Å². The maximum atomic E-state index is 13.4. The van der Waals surface area contributed by atoms with Crippen LogP contribution in [0.1, 0.15) is 74.6 Å². The van der Waals surface area contributed by atoms with Crippen LogP contribution in [0, 0.1) is 5.92 Å².